The summed E-state index contributed by atoms with van der Waals surface area (Å²) >= 11 is 1.51. The molecule has 0 saturated carbocycles. The SMILES string of the molecule is COc1ccc([C@@H](NC(=O)COC(=O)/C=C/c2cccs2)c2ccccc2)cc1. The average Bonchev–Trinajstić information content (AvgIpc) is 3.29. The largest absolute Gasteiger partial charge is 0.497 e. The number of ether oxygens (including phenoxy) is 2. The van der Waals surface area contributed by atoms with Crippen molar-refractivity contribution in [2.24, 2.45) is 0 Å². The van der Waals surface area contributed by atoms with E-state index in [9.17, 15) is 9.59 Å². The van der Waals surface area contributed by atoms with E-state index in [1.165, 1.54) is 17.4 Å². The van der Waals surface area contributed by atoms with E-state index in [1.807, 2.05) is 72.1 Å². The molecule has 0 saturated heterocycles. The topological polar surface area (TPSA) is 64.6 Å². The number of methoxy groups -OCH3 is 1. The first-order valence-corrected chi connectivity index (χ1v) is 9.90. The van der Waals surface area contributed by atoms with E-state index in [4.69, 9.17) is 9.47 Å². The fraction of sp³-hybridized carbons (Fsp3) is 0.130. The quantitative estimate of drug-likeness (QED) is 0.449. The molecular formula is C23H21NO4S. The molecule has 0 unspecified atom stereocenters. The molecule has 148 valence electrons. The van der Waals surface area contributed by atoms with Crippen LogP contribution in [0.25, 0.3) is 6.08 Å². The summed E-state index contributed by atoms with van der Waals surface area (Å²) in [4.78, 5) is 25.2. The third kappa shape index (κ3) is 6.05. The second kappa shape index (κ2) is 10.2. The van der Waals surface area contributed by atoms with Crippen molar-refractivity contribution in [2.75, 3.05) is 13.7 Å². The predicted molar refractivity (Wildman–Crippen MR) is 114 cm³/mol. The summed E-state index contributed by atoms with van der Waals surface area (Å²) in [5.41, 5.74) is 1.82. The minimum atomic E-state index is -0.561. The van der Waals surface area contributed by atoms with Crippen molar-refractivity contribution < 1.29 is 19.1 Å². The molecule has 0 aliphatic heterocycles. The molecule has 2 aromatic carbocycles. The predicted octanol–water partition coefficient (Wildman–Crippen LogP) is 4.22. The number of hydrogen-bond donors (Lipinski definition) is 1. The van der Waals surface area contributed by atoms with Crippen molar-refractivity contribution in [3.05, 3.63) is 94.2 Å². The maximum absolute atomic E-state index is 12.4. The van der Waals surface area contributed by atoms with Crippen LogP contribution < -0.4 is 10.1 Å². The van der Waals surface area contributed by atoms with Gasteiger partial charge in [0.15, 0.2) is 6.61 Å². The molecule has 1 amide bonds. The molecule has 0 aliphatic carbocycles. The second-order valence-electron chi connectivity index (χ2n) is 6.14. The third-order valence-corrected chi connectivity index (χ3v) is 5.00. The molecule has 0 radical (unpaired) electrons. The van der Waals surface area contributed by atoms with Gasteiger partial charge in [-0.2, -0.15) is 0 Å². The molecule has 1 aromatic heterocycles. The number of hydrogen-bond acceptors (Lipinski definition) is 5. The van der Waals surface area contributed by atoms with Crippen LogP contribution >= 0.6 is 11.3 Å². The number of carbonyl (C=O) groups is 2. The molecule has 1 heterocycles. The minimum Gasteiger partial charge on any atom is -0.497 e. The lowest BCUT2D eigenvalue weighted by Gasteiger charge is -2.20. The first-order valence-electron chi connectivity index (χ1n) is 9.02. The first-order chi connectivity index (χ1) is 14.2. The summed E-state index contributed by atoms with van der Waals surface area (Å²) in [6.07, 6.45) is 2.98. The summed E-state index contributed by atoms with van der Waals surface area (Å²) < 4.78 is 10.3. The monoisotopic (exact) mass is 407 g/mol. The van der Waals surface area contributed by atoms with Gasteiger partial charge < -0.3 is 14.8 Å². The van der Waals surface area contributed by atoms with Crippen LogP contribution in [0.5, 0.6) is 5.75 Å². The van der Waals surface area contributed by atoms with Gasteiger partial charge in [0.1, 0.15) is 5.75 Å². The number of esters is 1. The highest BCUT2D eigenvalue weighted by Gasteiger charge is 2.17. The number of carbonyl (C=O) groups excluding carboxylic acids is 2. The molecule has 3 rings (SSSR count). The first kappa shape index (κ1) is 20.4. The van der Waals surface area contributed by atoms with Crippen molar-refractivity contribution >= 4 is 29.3 Å². The zero-order valence-corrected chi connectivity index (χ0v) is 16.7. The van der Waals surface area contributed by atoms with E-state index in [-0.39, 0.29) is 18.6 Å². The smallest absolute Gasteiger partial charge is 0.331 e. The molecule has 3 aromatic rings. The lowest BCUT2D eigenvalue weighted by molar-refractivity contribution is -0.143. The molecule has 0 bridgehead atoms. The van der Waals surface area contributed by atoms with Crippen molar-refractivity contribution in [1.82, 2.24) is 5.32 Å². The lowest BCUT2D eigenvalue weighted by atomic mass is 9.98. The van der Waals surface area contributed by atoms with Gasteiger partial charge in [0.2, 0.25) is 0 Å². The van der Waals surface area contributed by atoms with Gasteiger partial charge in [-0.3, -0.25) is 4.79 Å². The molecular weight excluding hydrogens is 386 g/mol. The molecule has 29 heavy (non-hydrogen) atoms. The Kier molecular flexibility index (Phi) is 7.19. The highest BCUT2D eigenvalue weighted by molar-refractivity contribution is 7.10. The molecule has 0 spiro atoms. The summed E-state index contributed by atoms with van der Waals surface area (Å²) in [6, 6.07) is 20.5. The van der Waals surface area contributed by atoms with Crippen LogP contribution in [-0.2, 0) is 14.3 Å². The van der Waals surface area contributed by atoms with Crippen LogP contribution in [0.15, 0.2) is 78.2 Å². The Morgan fingerprint density at radius 2 is 1.72 bits per heavy atom. The summed E-state index contributed by atoms with van der Waals surface area (Å²) in [6.45, 7) is -0.354. The molecule has 1 N–H and O–H groups in total. The van der Waals surface area contributed by atoms with Crippen LogP contribution in [0.3, 0.4) is 0 Å². The van der Waals surface area contributed by atoms with Crippen LogP contribution in [0.2, 0.25) is 0 Å². The van der Waals surface area contributed by atoms with Gasteiger partial charge in [-0.15, -0.1) is 11.3 Å². The lowest BCUT2D eigenvalue weighted by Crippen LogP contribution is -2.32. The van der Waals surface area contributed by atoms with Gasteiger partial charge in [0.25, 0.3) is 5.91 Å². The van der Waals surface area contributed by atoms with Crippen molar-refractivity contribution in [3.8, 4) is 5.75 Å². The average molecular weight is 407 g/mol. The third-order valence-electron chi connectivity index (χ3n) is 4.16. The van der Waals surface area contributed by atoms with Gasteiger partial charge in [0, 0.05) is 11.0 Å². The molecule has 0 aliphatic rings. The zero-order valence-electron chi connectivity index (χ0n) is 15.9. The highest BCUT2D eigenvalue weighted by atomic mass is 32.1. The standard InChI is InChI=1S/C23H21NO4S/c1-27-19-11-9-18(10-12-19)23(17-6-3-2-4-7-17)24-21(25)16-28-22(26)14-13-20-8-5-15-29-20/h2-15,23H,16H2,1H3,(H,24,25)/b14-13+/t23-/m0/s1. The van der Waals surface area contributed by atoms with Gasteiger partial charge in [-0.1, -0.05) is 48.5 Å². The normalized spacial score (nSPS) is 11.8. The molecule has 1 atom stereocenters. The maximum Gasteiger partial charge on any atom is 0.331 e. The Hall–Kier alpha value is -3.38. The number of nitrogens with one attached hydrogen (secondary N) is 1. The maximum atomic E-state index is 12.4. The zero-order chi connectivity index (χ0) is 20.5. The summed E-state index contributed by atoms with van der Waals surface area (Å²) in [5.74, 6) is -0.208. The number of rotatable bonds is 8. The fourth-order valence-electron chi connectivity index (χ4n) is 2.72. The van der Waals surface area contributed by atoms with Crippen molar-refractivity contribution in [1.29, 1.82) is 0 Å². The number of thiophene rings is 1. The Labute approximate surface area is 173 Å². The van der Waals surface area contributed by atoms with E-state index in [0.717, 1.165) is 21.8 Å². The van der Waals surface area contributed by atoms with Crippen molar-refractivity contribution in [2.45, 2.75) is 6.04 Å². The van der Waals surface area contributed by atoms with E-state index in [1.54, 1.807) is 13.2 Å². The molecule has 0 fully saturated rings. The number of benzene rings is 2. The molecule has 6 heteroatoms. The molecule has 5 nitrogen and oxygen atoms in total. The van der Waals surface area contributed by atoms with Gasteiger partial charge in [-0.25, -0.2) is 4.79 Å². The number of amides is 1. The summed E-state index contributed by atoms with van der Waals surface area (Å²) in [7, 11) is 1.60. The van der Waals surface area contributed by atoms with E-state index in [0.29, 0.717) is 0 Å². The van der Waals surface area contributed by atoms with Gasteiger partial charge in [0.05, 0.1) is 13.2 Å². The fourth-order valence-corrected chi connectivity index (χ4v) is 3.34. The minimum absolute atomic E-state index is 0.354. The summed E-state index contributed by atoms with van der Waals surface area (Å²) in [5, 5.41) is 4.85. The van der Waals surface area contributed by atoms with Crippen LogP contribution in [0.1, 0.15) is 22.0 Å². The van der Waals surface area contributed by atoms with Crippen LogP contribution in [0.4, 0.5) is 0 Å². The Balaban J connectivity index is 1.64. The van der Waals surface area contributed by atoms with Gasteiger partial charge in [-0.05, 0) is 40.8 Å². The van der Waals surface area contributed by atoms with Crippen LogP contribution in [-0.4, -0.2) is 25.6 Å². The van der Waals surface area contributed by atoms with E-state index in [2.05, 4.69) is 5.32 Å². The van der Waals surface area contributed by atoms with Gasteiger partial charge >= 0.3 is 5.97 Å². The van der Waals surface area contributed by atoms with E-state index >= 15 is 0 Å². The highest BCUT2D eigenvalue weighted by Crippen LogP contribution is 2.24. The van der Waals surface area contributed by atoms with E-state index < -0.39 is 5.97 Å². The Morgan fingerprint density at radius 3 is 2.38 bits per heavy atom. The van der Waals surface area contributed by atoms with Crippen LogP contribution in [0, 0.1) is 0 Å². The second-order valence-corrected chi connectivity index (χ2v) is 7.12. The van der Waals surface area contributed by atoms with Crippen molar-refractivity contribution in [3.63, 3.8) is 0 Å². The Morgan fingerprint density at radius 1 is 1.00 bits per heavy atom. The Bertz CT molecular complexity index is 950.